The predicted molar refractivity (Wildman–Crippen MR) is 78.9 cm³/mol. The van der Waals surface area contributed by atoms with Crippen LogP contribution in [0.3, 0.4) is 0 Å². The summed E-state index contributed by atoms with van der Waals surface area (Å²) in [7, 11) is 0. The van der Waals surface area contributed by atoms with E-state index in [4.69, 9.17) is 5.11 Å². The van der Waals surface area contributed by atoms with Crippen molar-refractivity contribution in [1.82, 2.24) is 10.3 Å². The van der Waals surface area contributed by atoms with Crippen molar-refractivity contribution >= 4 is 34.6 Å². The molecule has 2 aromatic rings. The Bertz CT molecular complexity index is 593. The molecule has 1 amide bonds. The molecule has 0 aliphatic heterocycles. The first-order valence-electron chi connectivity index (χ1n) is 6.02. The largest absolute Gasteiger partial charge is 0.481 e. The Balaban J connectivity index is 1.87. The molecule has 0 saturated heterocycles. The molecule has 1 unspecified atom stereocenters. The molecule has 20 heavy (non-hydrogen) atoms. The second kappa shape index (κ2) is 6.62. The second-order valence-electron chi connectivity index (χ2n) is 4.38. The highest BCUT2D eigenvalue weighted by molar-refractivity contribution is 7.14. The summed E-state index contributed by atoms with van der Waals surface area (Å²) in [5.74, 6) is -1.71. The number of aliphatic carboxylic acids is 1. The first-order chi connectivity index (χ1) is 9.56. The van der Waals surface area contributed by atoms with Crippen LogP contribution >= 0.6 is 22.7 Å². The molecule has 2 aromatic heterocycles. The Kier molecular flexibility index (Phi) is 4.86. The van der Waals surface area contributed by atoms with Crippen LogP contribution in [0.5, 0.6) is 0 Å². The number of nitrogens with zero attached hydrogens (tertiary/aromatic N) is 1. The number of thiazole rings is 1. The lowest BCUT2D eigenvalue weighted by Gasteiger charge is -2.07. The standard InChI is InChI=1S/C13H14N2O3S2/c1-8(13(17)18)5-14-11(16)4-10-7-20-12(15-10)9-2-3-19-6-9/h2-3,6-8H,4-5H2,1H3,(H,14,16)(H,17,18). The van der Waals surface area contributed by atoms with Gasteiger partial charge in [-0.25, -0.2) is 4.98 Å². The maximum atomic E-state index is 11.7. The van der Waals surface area contributed by atoms with Crippen molar-refractivity contribution < 1.29 is 14.7 Å². The van der Waals surface area contributed by atoms with Crippen LogP contribution in [0.2, 0.25) is 0 Å². The lowest BCUT2D eigenvalue weighted by molar-refractivity contribution is -0.141. The summed E-state index contributed by atoms with van der Waals surface area (Å²) in [5.41, 5.74) is 1.77. The number of amides is 1. The molecule has 7 heteroatoms. The number of carboxylic acids is 1. The Labute approximate surface area is 124 Å². The van der Waals surface area contributed by atoms with Gasteiger partial charge < -0.3 is 10.4 Å². The molecule has 0 aromatic carbocycles. The van der Waals surface area contributed by atoms with Crippen molar-refractivity contribution in [2.75, 3.05) is 6.54 Å². The highest BCUT2D eigenvalue weighted by atomic mass is 32.1. The van der Waals surface area contributed by atoms with E-state index in [2.05, 4.69) is 10.3 Å². The topological polar surface area (TPSA) is 79.3 Å². The maximum Gasteiger partial charge on any atom is 0.308 e. The first kappa shape index (κ1) is 14.7. The van der Waals surface area contributed by atoms with Crippen molar-refractivity contribution in [3.63, 3.8) is 0 Å². The molecule has 0 spiro atoms. The fraction of sp³-hybridized carbons (Fsp3) is 0.308. The fourth-order valence-corrected chi connectivity index (χ4v) is 3.02. The zero-order valence-corrected chi connectivity index (χ0v) is 12.5. The van der Waals surface area contributed by atoms with Crippen LogP contribution in [-0.2, 0) is 16.0 Å². The molecule has 0 aliphatic rings. The molecule has 0 bridgehead atoms. The van der Waals surface area contributed by atoms with Crippen LogP contribution in [-0.4, -0.2) is 28.5 Å². The Hall–Kier alpha value is -1.73. The molecule has 0 aliphatic carbocycles. The zero-order chi connectivity index (χ0) is 14.5. The van der Waals surface area contributed by atoms with Crippen molar-refractivity contribution in [3.05, 3.63) is 27.9 Å². The Morgan fingerprint density at radius 1 is 1.45 bits per heavy atom. The zero-order valence-electron chi connectivity index (χ0n) is 10.8. The maximum absolute atomic E-state index is 11.7. The highest BCUT2D eigenvalue weighted by Crippen LogP contribution is 2.25. The van der Waals surface area contributed by atoms with Gasteiger partial charge in [-0.15, -0.1) is 11.3 Å². The third kappa shape index (κ3) is 3.88. The highest BCUT2D eigenvalue weighted by Gasteiger charge is 2.13. The van der Waals surface area contributed by atoms with E-state index in [1.54, 1.807) is 18.3 Å². The molecular formula is C13H14N2O3S2. The number of hydrogen-bond acceptors (Lipinski definition) is 5. The van der Waals surface area contributed by atoms with E-state index in [-0.39, 0.29) is 18.9 Å². The number of aromatic nitrogens is 1. The number of carboxylic acid groups (broad SMARTS) is 1. The van der Waals surface area contributed by atoms with E-state index >= 15 is 0 Å². The van der Waals surface area contributed by atoms with E-state index in [1.165, 1.54) is 11.3 Å². The molecule has 0 radical (unpaired) electrons. The van der Waals surface area contributed by atoms with Gasteiger partial charge in [-0.1, -0.05) is 6.92 Å². The number of rotatable bonds is 6. The van der Waals surface area contributed by atoms with Crippen LogP contribution in [0.4, 0.5) is 0 Å². The summed E-state index contributed by atoms with van der Waals surface area (Å²) >= 11 is 3.10. The van der Waals surface area contributed by atoms with Crippen LogP contribution in [0.25, 0.3) is 10.6 Å². The summed E-state index contributed by atoms with van der Waals surface area (Å²) in [6, 6.07) is 1.99. The monoisotopic (exact) mass is 310 g/mol. The molecule has 2 rings (SSSR count). The molecular weight excluding hydrogens is 296 g/mol. The van der Waals surface area contributed by atoms with Gasteiger partial charge in [0.15, 0.2) is 0 Å². The smallest absolute Gasteiger partial charge is 0.308 e. The summed E-state index contributed by atoms with van der Waals surface area (Å²) in [4.78, 5) is 26.7. The van der Waals surface area contributed by atoms with Gasteiger partial charge in [0, 0.05) is 22.9 Å². The van der Waals surface area contributed by atoms with E-state index in [1.807, 2.05) is 22.2 Å². The van der Waals surface area contributed by atoms with Gasteiger partial charge in [0.05, 0.1) is 18.0 Å². The first-order valence-corrected chi connectivity index (χ1v) is 7.85. The third-order valence-corrected chi connectivity index (χ3v) is 4.31. The number of hydrogen-bond donors (Lipinski definition) is 2. The van der Waals surface area contributed by atoms with Gasteiger partial charge in [-0.05, 0) is 11.4 Å². The molecule has 0 fully saturated rings. The van der Waals surface area contributed by atoms with Gasteiger partial charge >= 0.3 is 5.97 Å². The lowest BCUT2D eigenvalue weighted by atomic mass is 10.2. The van der Waals surface area contributed by atoms with E-state index in [0.717, 1.165) is 10.6 Å². The molecule has 0 saturated carbocycles. The average Bonchev–Trinajstić information content (AvgIpc) is 3.05. The lowest BCUT2D eigenvalue weighted by Crippen LogP contribution is -2.32. The SMILES string of the molecule is CC(CNC(=O)Cc1csc(-c2ccsc2)n1)C(=O)O. The quantitative estimate of drug-likeness (QED) is 0.857. The van der Waals surface area contributed by atoms with Gasteiger partial charge in [0.1, 0.15) is 5.01 Å². The second-order valence-corrected chi connectivity index (χ2v) is 6.01. The number of carbonyl (C=O) groups is 2. The molecule has 1 atom stereocenters. The predicted octanol–water partition coefficient (Wildman–Crippen LogP) is 2.25. The van der Waals surface area contributed by atoms with Crippen molar-refractivity contribution in [3.8, 4) is 10.6 Å². The minimum Gasteiger partial charge on any atom is -0.481 e. The Morgan fingerprint density at radius 3 is 2.90 bits per heavy atom. The normalized spacial score (nSPS) is 12.1. The molecule has 2 N–H and O–H groups in total. The summed E-state index contributed by atoms with van der Waals surface area (Å²) in [6.45, 7) is 1.69. The van der Waals surface area contributed by atoms with E-state index < -0.39 is 11.9 Å². The van der Waals surface area contributed by atoms with E-state index in [9.17, 15) is 9.59 Å². The van der Waals surface area contributed by atoms with Gasteiger partial charge in [-0.2, -0.15) is 11.3 Å². The molecule has 2 heterocycles. The minimum atomic E-state index is -0.918. The number of nitrogens with one attached hydrogen (secondary N) is 1. The third-order valence-electron chi connectivity index (χ3n) is 2.69. The minimum absolute atomic E-state index is 0.135. The fourth-order valence-electron chi connectivity index (χ4n) is 1.49. The van der Waals surface area contributed by atoms with Gasteiger partial charge in [0.25, 0.3) is 0 Å². The Morgan fingerprint density at radius 2 is 2.25 bits per heavy atom. The van der Waals surface area contributed by atoms with Crippen LogP contribution in [0, 0.1) is 5.92 Å². The van der Waals surface area contributed by atoms with Crippen LogP contribution in [0.1, 0.15) is 12.6 Å². The van der Waals surface area contributed by atoms with Gasteiger partial charge in [-0.3, -0.25) is 9.59 Å². The van der Waals surface area contributed by atoms with Crippen LogP contribution < -0.4 is 5.32 Å². The van der Waals surface area contributed by atoms with Gasteiger partial charge in [0.2, 0.25) is 5.91 Å². The van der Waals surface area contributed by atoms with Crippen molar-refractivity contribution in [2.45, 2.75) is 13.3 Å². The van der Waals surface area contributed by atoms with E-state index in [0.29, 0.717) is 5.69 Å². The van der Waals surface area contributed by atoms with Crippen molar-refractivity contribution in [1.29, 1.82) is 0 Å². The average molecular weight is 310 g/mol. The number of thiophene rings is 1. The molecule has 5 nitrogen and oxygen atoms in total. The summed E-state index contributed by atoms with van der Waals surface area (Å²) < 4.78 is 0. The summed E-state index contributed by atoms with van der Waals surface area (Å²) in [5, 5.41) is 18.1. The number of carbonyl (C=O) groups excluding carboxylic acids is 1. The molecule has 106 valence electrons. The summed E-state index contributed by atoms with van der Waals surface area (Å²) in [6.07, 6.45) is 0.174. The van der Waals surface area contributed by atoms with Crippen LogP contribution in [0.15, 0.2) is 22.2 Å². The van der Waals surface area contributed by atoms with Crippen molar-refractivity contribution in [2.24, 2.45) is 5.92 Å².